The van der Waals surface area contributed by atoms with Gasteiger partial charge in [-0.05, 0) is 29.8 Å². The Bertz CT molecular complexity index is 1020. The molecule has 0 aliphatic carbocycles. The zero-order chi connectivity index (χ0) is 19.9. The Balaban J connectivity index is 1.61. The number of nitrogens with zero attached hydrogens (tertiary/aromatic N) is 2. The first-order valence-corrected chi connectivity index (χ1v) is 9.01. The minimum Gasteiger partial charge on any atom is -0.493 e. The largest absolute Gasteiger partial charge is 0.493 e. The number of nitrogens with one attached hydrogen (secondary N) is 1. The second-order valence-corrected chi connectivity index (χ2v) is 6.27. The maximum absolute atomic E-state index is 12.3. The molecule has 0 saturated carbocycles. The highest BCUT2D eigenvalue weighted by Crippen LogP contribution is 2.27. The van der Waals surface area contributed by atoms with E-state index in [4.69, 9.17) is 15.9 Å². The molecule has 1 aromatic heterocycles. The fraction of sp³-hybridized carbons (Fsp3) is 0.273. The maximum Gasteiger partial charge on any atom is 0.224 e. The van der Waals surface area contributed by atoms with E-state index in [9.17, 15) is 4.79 Å². The molecule has 0 spiro atoms. The third-order valence-electron chi connectivity index (χ3n) is 4.47. The molecule has 2 aromatic carbocycles. The topological polar surface area (TPSA) is 65.4 Å². The first-order chi connectivity index (χ1) is 13.7. The third kappa shape index (κ3) is 4.26. The number of para-hydroxylation sites is 2. The van der Waals surface area contributed by atoms with Crippen LogP contribution in [0.5, 0.6) is 11.5 Å². The molecule has 6 heteroatoms. The van der Waals surface area contributed by atoms with Gasteiger partial charge in [0.2, 0.25) is 5.91 Å². The van der Waals surface area contributed by atoms with Gasteiger partial charge in [-0.2, -0.15) is 0 Å². The van der Waals surface area contributed by atoms with E-state index in [2.05, 4.69) is 16.2 Å². The highest BCUT2D eigenvalue weighted by atomic mass is 16.5. The summed E-state index contributed by atoms with van der Waals surface area (Å²) in [5.41, 5.74) is 2.77. The predicted octanol–water partition coefficient (Wildman–Crippen LogP) is 2.59. The molecule has 0 bridgehead atoms. The van der Waals surface area contributed by atoms with Gasteiger partial charge in [0.15, 0.2) is 11.5 Å². The number of imidazole rings is 1. The number of rotatable bonds is 8. The van der Waals surface area contributed by atoms with E-state index >= 15 is 0 Å². The zero-order valence-corrected chi connectivity index (χ0v) is 16.1. The van der Waals surface area contributed by atoms with Crippen LogP contribution in [-0.4, -0.2) is 36.2 Å². The lowest BCUT2D eigenvalue weighted by molar-refractivity contribution is -0.120. The molecule has 0 radical (unpaired) electrons. The number of hydrogen-bond acceptors (Lipinski definition) is 4. The van der Waals surface area contributed by atoms with E-state index in [-0.39, 0.29) is 12.3 Å². The molecule has 1 N–H and O–H groups in total. The molecule has 0 aliphatic rings. The van der Waals surface area contributed by atoms with E-state index in [0.29, 0.717) is 31.0 Å². The Morgan fingerprint density at radius 2 is 1.96 bits per heavy atom. The number of carbonyl (C=O) groups excluding carboxylic acids is 1. The fourth-order valence-electron chi connectivity index (χ4n) is 3.14. The molecule has 0 atom stereocenters. The SMILES string of the molecule is C#CCn1c(CCNC(=O)Cc2ccc(OC)c(OC)c2)nc2ccccc21. The standard InChI is InChI=1S/C22H23N3O3/c1-4-13-25-18-8-6-5-7-17(18)24-21(25)11-12-23-22(26)15-16-9-10-19(27-2)20(14-16)28-3/h1,5-10,14H,11-13,15H2,2-3H3,(H,23,26). The number of terminal acetylenes is 1. The van der Waals surface area contributed by atoms with Crippen LogP contribution in [0.2, 0.25) is 0 Å². The van der Waals surface area contributed by atoms with Crippen LogP contribution in [0.15, 0.2) is 42.5 Å². The fourth-order valence-corrected chi connectivity index (χ4v) is 3.14. The van der Waals surface area contributed by atoms with E-state index in [1.54, 1.807) is 20.3 Å². The van der Waals surface area contributed by atoms with Crippen molar-refractivity contribution in [2.45, 2.75) is 19.4 Å². The smallest absolute Gasteiger partial charge is 0.224 e. The number of methoxy groups -OCH3 is 2. The van der Waals surface area contributed by atoms with E-state index in [1.807, 2.05) is 41.0 Å². The molecule has 0 fully saturated rings. The van der Waals surface area contributed by atoms with Crippen molar-refractivity contribution in [1.82, 2.24) is 14.9 Å². The number of hydrogen-bond donors (Lipinski definition) is 1. The second kappa shape index (κ2) is 8.96. The molecule has 0 saturated heterocycles. The molecule has 1 heterocycles. The average molecular weight is 377 g/mol. The van der Waals surface area contributed by atoms with Crippen molar-refractivity contribution in [3.63, 3.8) is 0 Å². The summed E-state index contributed by atoms with van der Waals surface area (Å²) < 4.78 is 12.5. The van der Waals surface area contributed by atoms with Gasteiger partial charge in [-0.1, -0.05) is 24.1 Å². The number of carbonyl (C=O) groups is 1. The van der Waals surface area contributed by atoms with Gasteiger partial charge in [-0.15, -0.1) is 6.42 Å². The molecule has 144 valence electrons. The lowest BCUT2D eigenvalue weighted by Gasteiger charge is -2.10. The van der Waals surface area contributed by atoms with Crippen LogP contribution in [0.1, 0.15) is 11.4 Å². The number of fused-ring (bicyclic) bond motifs is 1. The number of amides is 1. The van der Waals surface area contributed by atoms with Crippen molar-refractivity contribution in [2.75, 3.05) is 20.8 Å². The van der Waals surface area contributed by atoms with Gasteiger partial charge in [-0.25, -0.2) is 4.98 Å². The Hall–Kier alpha value is -3.46. The normalized spacial score (nSPS) is 10.5. The molecule has 28 heavy (non-hydrogen) atoms. The molecule has 3 rings (SSSR count). The number of benzene rings is 2. The quantitative estimate of drug-likeness (QED) is 0.613. The Labute approximate surface area is 164 Å². The molecule has 0 unspecified atom stereocenters. The Morgan fingerprint density at radius 3 is 2.71 bits per heavy atom. The molecule has 3 aromatic rings. The lowest BCUT2D eigenvalue weighted by Crippen LogP contribution is -2.28. The predicted molar refractivity (Wildman–Crippen MR) is 109 cm³/mol. The summed E-state index contributed by atoms with van der Waals surface area (Å²) in [5, 5.41) is 2.94. The molecular formula is C22H23N3O3. The van der Waals surface area contributed by atoms with Crippen molar-refractivity contribution in [1.29, 1.82) is 0 Å². The van der Waals surface area contributed by atoms with E-state index < -0.39 is 0 Å². The van der Waals surface area contributed by atoms with Gasteiger partial charge < -0.3 is 19.4 Å². The summed E-state index contributed by atoms with van der Waals surface area (Å²) >= 11 is 0. The first-order valence-electron chi connectivity index (χ1n) is 9.01. The van der Waals surface area contributed by atoms with Crippen LogP contribution in [0.3, 0.4) is 0 Å². The monoisotopic (exact) mass is 377 g/mol. The molecule has 0 aliphatic heterocycles. The van der Waals surface area contributed by atoms with Gasteiger partial charge >= 0.3 is 0 Å². The van der Waals surface area contributed by atoms with Gasteiger partial charge in [-0.3, -0.25) is 4.79 Å². The van der Waals surface area contributed by atoms with Crippen molar-refractivity contribution in [2.24, 2.45) is 0 Å². The minimum atomic E-state index is -0.0631. The first kappa shape index (κ1) is 19.3. The molecule has 6 nitrogen and oxygen atoms in total. The summed E-state index contributed by atoms with van der Waals surface area (Å²) in [7, 11) is 3.15. The van der Waals surface area contributed by atoms with E-state index in [0.717, 1.165) is 22.4 Å². The van der Waals surface area contributed by atoms with Gasteiger partial charge in [0.05, 0.1) is 38.2 Å². The highest BCUT2D eigenvalue weighted by molar-refractivity contribution is 5.79. The van der Waals surface area contributed by atoms with Gasteiger partial charge in [0.1, 0.15) is 5.82 Å². The summed E-state index contributed by atoms with van der Waals surface area (Å²) in [6.45, 7) is 0.940. The summed E-state index contributed by atoms with van der Waals surface area (Å²) in [5.74, 6) is 4.72. The average Bonchev–Trinajstić information content (AvgIpc) is 3.05. The number of ether oxygens (including phenoxy) is 2. The van der Waals surface area contributed by atoms with Crippen molar-refractivity contribution < 1.29 is 14.3 Å². The summed E-state index contributed by atoms with van der Waals surface area (Å²) in [4.78, 5) is 16.9. The van der Waals surface area contributed by atoms with Crippen LogP contribution in [0.25, 0.3) is 11.0 Å². The summed E-state index contributed by atoms with van der Waals surface area (Å²) in [6, 6.07) is 13.3. The number of aromatic nitrogens is 2. The highest BCUT2D eigenvalue weighted by Gasteiger charge is 2.11. The van der Waals surface area contributed by atoms with Crippen molar-refractivity contribution >= 4 is 16.9 Å². The Morgan fingerprint density at radius 1 is 1.18 bits per heavy atom. The van der Waals surface area contributed by atoms with Crippen molar-refractivity contribution in [3.05, 3.63) is 53.9 Å². The van der Waals surface area contributed by atoms with Crippen LogP contribution in [-0.2, 0) is 24.2 Å². The van der Waals surface area contributed by atoms with Crippen LogP contribution < -0.4 is 14.8 Å². The van der Waals surface area contributed by atoms with Crippen LogP contribution in [0.4, 0.5) is 0 Å². The lowest BCUT2D eigenvalue weighted by atomic mass is 10.1. The van der Waals surface area contributed by atoms with Gasteiger partial charge in [0, 0.05) is 13.0 Å². The molecular weight excluding hydrogens is 354 g/mol. The summed E-state index contributed by atoms with van der Waals surface area (Å²) in [6.07, 6.45) is 6.37. The van der Waals surface area contributed by atoms with Crippen molar-refractivity contribution in [3.8, 4) is 23.8 Å². The second-order valence-electron chi connectivity index (χ2n) is 6.27. The van der Waals surface area contributed by atoms with Crippen LogP contribution >= 0.6 is 0 Å². The zero-order valence-electron chi connectivity index (χ0n) is 16.1. The molecule has 1 amide bonds. The third-order valence-corrected chi connectivity index (χ3v) is 4.47. The Kier molecular flexibility index (Phi) is 6.18. The maximum atomic E-state index is 12.3. The van der Waals surface area contributed by atoms with Crippen LogP contribution in [0, 0.1) is 12.3 Å². The van der Waals surface area contributed by atoms with Gasteiger partial charge in [0.25, 0.3) is 0 Å². The van der Waals surface area contributed by atoms with E-state index in [1.165, 1.54) is 0 Å². The minimum absolute atomic E-state index is 0.0631.